The molecule has 3 N–H and O–H groups in total. The Hall–Kier alpha value is -0.210. The van der Waals surface area contributed by atoms with Gasteiger partial charge in [0.2, 0.25) is 0 Å². The number of rotatable bonds is 8. The lowest BCUT2D eigenvalue weighted by Crippen LogP contribution is -2.41. The highest BCUT2D eigenvalue weighted by atomic mass is 32.2. The van der Waals surface area contributed by atoms with E-state index < -0.39 is 22.0 Å². The summed E-state index contributed by atoms with van der Waals surface area (Å²) in [6, 6.07) is 0.403. The first-order valence-electron chi connectivity index (χ1n) is 6.42. The van der Waals surface area contributed by atoms with Crippen molar-refractivity contribution < 1.29 is 22.8 Å². The summed E-state index contributed by atoms with van der Waals surface area (Å²) < 4.78 is 35.7. The molecule has 0 aliphatic heterocycles. The van der Waals surface area contributed by atoms with E-state index in [0.29, 0.717) is 12.6 Å². The largest absolute Gasteiger partial charge is 0.394 e. The van der Waals surface area contributed by atoms with Crippen LogP contribution in [0.1, 0.15) is 32.1 Å². The molecule has 108 valence electrons. The highest BCUT2D eigenvalue weighted by Crippen LogP contribution is 2.17. The Kier molecular flexibility index (Phi) is 7.10. The van der Waals surface area contributed by atoms with E-state index >= 15 is 0 Å². The van der Waals surface area contributed by atoms with Crippen molar-refractivity contribution in [1.82, 2.24) is 5.32 Å². The first kappa shape index (κ1) is 15.8. The number of aliphatic hydroxyl groups is 1. The maximum absolute atomic E-state index is 10.8. The Labute approximate surface area is 108 Å². The molecule has 1 aliphatic rings. The van der Waals surface area contributed by atoms with Gasteiger partial charge in [0.15, 0.2) is 0 Å². The molecule has 1 aliphatic carbocycles. The van der Waals surface area contributed by atoms with Crippen LogP contribution in [0, 0.1) is 0 Å². The van der Waals surface area contributed by atoms with Crippen LogP contribution < -0.4 is 5.32 Å². The molecule has 0 aromatic rings. The molecule has 0 radical (unpaired) electrons. The molecule has 0 heterocycles. The Morgan fingerprint density at radius 1 is 1.28 bits per heavy atom. The molecule has 0 amide bonds. The maximum Gasteiger partial charge on any atom is 0.267 e. The van der Waals surface area contributed by atoms with Crippen molar-refractivity contribution in [2.45, 2.75) is 44.2 Å². The lowest BCUT2D eigenvalue weighted by atomic mass is 9.95. The zero-order valence-corrected chi connectivity index (χ0v) is 11.4. The predicted octanol–water partition coefficient (Wildman–Crippen LogP) is 0.174. The van der Waals surface area contributed by atoms with Crippen LogP contribution in [0.25, 0.3) is 0 Å². The highest BCUT2D eigenvalue weighted by molar-refractivity contribution is 7.85. The van der Waals surface area contributed by atoms with Crippen LogP contribution in [0.2, 0.25) is 0 Å². The van der Waals surface area contributed by atoms with E-state index in [1.807, 2.05) is 0 Å². The van der Waals surface area contributed by atoms with Crippen molar-refractivity contribution in [2.75, 3.05) is 25.5 Å². The number of aliphatic hydroxyl groups excluding tert-OH is 1. The van der Waals surface area contributed by atoms with Gasteiger partial charge in [-0.25, -0.2) is 0 Å². The Bertz CT molecular complexity index is 313. The standard InChI is InChI=1S/C11H23NO5S/c13-6-7-17-11(9-18(14,15)16)8-12-10-4-2-1-3-5-10/h10-13H,1-9H2,(H,14,15,16). The Balaban J connectivity index is 2.34. The molecule has 6 nitrogen and oxygen atoms in total. The normalized spacial score (nSPS) is 19.9. The third-order valence-corrected chi connectivity index (χ3v) is 3.87. The first-order valence-corrected chi connectivity index (χ1v) is 8.03. The summed E-state index contributed by atoms with van der Waals surface area (Å²) in [6.07, 6.45) is 5.22. The van der Waals surface area contributed by atoms with Crippen LogP contribution in [0.5, 0.6) is 0 Å². The van der Waals surface area contributed by atoms with Gasteiger partial charge < -0.3 is 15.2 Å². The lowest BCUT2D eigenvalue weighted by Gasteiger charge is -2.25. The van der Waals surface area contributed by atoms with Crippen LogP contribution >= 0.6 is 0 Å². The summed E-state index contributed by atoms with van der Waals surface area (Å²) in [5, 5.41) is 11.9. The molecule has 0 aromatic heterocycles. The fraction of sp³-hybridized carbons (Fsp3) is 1.00. The fourth-order valence-electron chi connectivity index (χ4n) is 2.23. The summed E-state index contributed by atoms with van der Waals surface area (Å²) in [5.74, 6) is -0.438. The van der Waals surface area contributed by atoms with Gasteiger partial charge in [0.1, 0.15) is 5.75 Å². The van der Waals surface area contributed by atoms with Gasteiger partial charge in [-0.3, -0.25) is 4.55 Å². The van der Waals surface area contributed by atoms with Crippen molar-refractivity contribution in [3.63, 3.8) is 0 Å². The molecular weight excluding hydrogens is 258 g/mol. The van der Waals surface area contributed by atoms with Gasteiger partial charge in [-0.15, -0.1) is 0 Å². The summed E-state index contributed by atoms with van der Waals surface area (Å²) in [7, 11) is -4.05. The van der Waals surface area contributed by atoms with Gasteiger partial charge in [0, 0.05) is 12.6 Å². The zero-order valence-electron chi connectivity index (χ0n) is 10.5. The third kappa shape index (κ3) is 7.27. The van der Waals surface area contributed by atoms with Gasteiger partial charge in [-0.1, -0.05) is 19.3 Å². The molecule has 1 unspecified atom stereocenters. The smallest absolute Gasteiger partial charge is 0.267 e. The van der Waals surface area contributed by atoms with Crippen LogP contribution in [-0.4, -0.2) is 55.7 Å². The van der Waals surface area contributed by atoms with E-state index in [4.69, 9.17) is 14.4 Å². The molecule has 18 heavy (non-hydrogen) atoms. The number of ether oxygens (including phenoxy) is 1. The molecule has 1 saturated carbocycles. The van der Waals surface area contributed by atoms with Crippen molar-refractivity contribution in [2.24, 2.45) is 0 Å². The first-order chi connectivity index (χ1) is 8.51. The fourth-order valence-corrected chi connectivity index (χ4v) is 2.91. The molecular formula is C11H23NO5S. The van der Waals surface area contributed by atoms with Crippen LogP contribution in [-0.2, 0) is 14.9 Å². The van der Waals surface area contributed by atoms with E-state index in [2.05, 4.69) is 5.32 Å². The molecule has 1 atom stereocenters. The monoisotopic (exact) mass is 281 g/mol. The van der Waals surface area contributed by atoms with Gasteiger partial charge in [0.05, 0.1) is 19.3 Å². The van der Waals surface area contributed by atoms with Gasteiger partial charge in [0.25, 0.3) is 10.1 Å². The van der Waals surface area contributed by atoms with E-state index in [9.17, 15) is 8.42 Å². The molecule has 0 bridgehead atoms. The topological polar surface area (TPSA) is 95.9 Å². The summed E-state index contributed by atoms with van der Waals surface area (Å²) in [4.78, 5) is 0. The average Bonchev–Trinajstić information content (AvgIpc) is 2.32. The van der Waals surface area contributed by atoms with E-state index in [1.54, 1.807) is 0 Å². The number of hydrogen-bond donors (Lipinski definition) is 3. The molecule has 1 fully saturated rings. The van der Waals surface area contributed by atoms with Crippen LogP contribution in [0.3, 0.4) is 0 Å². The second kappa shape index (κ2) is 8.06. The van der Waals surface area contributed by atoms with Crippen molar-refractivity contribution in [3.05, 3.63) is 0 Å². The van der Waals surface area contributed by atoms with Gasteiger partial charge >= 0.3 is 0 Å². The second-order valence-electron chi connectivity index (χ2n) is 4.71. The van der Waals surface area contributed by atoms with Crippen LogP contribution in [0.4, 0.5) is 0 Å². The van der Waals surface area contributed by atoms with Crippen molar-refractivity contribution in [3.8, 4) is 0 Å². The molecule has 7 heteroatoms. The summed E-state index contributed by atoms with van der Waals surface area (Å²) >= 11 is 0. The molecule has 1 rings (SSSR count). The zero-order chi connectivity index (χ0) is 13.4. The summed E-state index contributed by atoms with van der Waals surface area (Å²) in [6.45, 7) is 0.294. The van der Waals surface area contributed by atoms with E-state index in [-0.39, 0.29) is 13.2 Å². The third-order valence-electron chi connectivity index (χ3n) is 3.08. The number of hydrogen-bond acceptors (Lipinski definition) is 5. The average molecular weight is 281 g/mol. The summed E-state index contributed by atoms with van der Waals surface area (Å²) in [5.41, 5.74) is 0. The minimum absolute atomic E-state index is 0.0759. The Morgan fingerprint density at radius 2 is 1.94 bits per heavy atom. The van der Waals surface area contributed by atoms with E-state index in [1.165, 1.54) is 19.3 Å². The SMILES string of the molecule is O=S(=O)(O)CC(CNC1CCCCC1)OCCO. The molecule has 0 spiro atoms. The van der Waals surface area contributed by atoms with Gasteiger partial charge in [-0.2, -0.15) is 8.42 Å². The quantitative estimate of drug-likeness (QED) is 0.549. The van der Waals surface area contributed by atoms with Crippen molar-refractivity contribution >= 4 is 10.1 Å². The molecule has 0 saturated heterocycles. The van der Waals surface area contributed by atoms with Crippen LogP contribution in [0.15, 0.2) is 0 Å². The maximum atomic E-state index is 10.8. The van der Waals surface area contributed by atoms with Crippen molar-refractivity contribution in [1.29, 1.82) is 0 Å². The second-order valence-corrected chi connectivity index (χ2v) is 6.21. The van der Waals surface area contributed by atoms with E-state index in [0.717, 1.165) is 12.8 Å². The minimum atomic E-state index is -4.05. The number of nitrogens with one attached hydrogen (secondary N) is 1. The minimum Gasteiger partial charge on any atom is -0.394 e. The molecule has 0 aromatic carbocycles. The highest BCUT2D eigenvalue weighted by Gasteiger charge is 2.20. The van der Waals surface area contributed by atoms with Gasteiger partial charge in [-0.05, 0) is 12.8 Å². The Morgan fingerprint density at radius 3 is 2.50 bits per heavy atom. The lowest BCUT2D eigenvalue weighted by molar-refractivity contribution is 0.0382. The predicted molar refractivity (Wildman–Crippen MR) is 68.1 cm³/mol.